The Kier molecular flexibility index (Phi) is 6.05. The Bertz CT molecular complexity index is 178. The van der Waals surface area contributed by atoms with E-state index in [1.807, 2.05) is 0 Å². The SMILES string of the molecule is CCOC(C1[CH]CCCCCC1)[Si](C)(C)C. The molecule has 1 aliphatic carbocycles. The molecule has 1 fully saturated rings. The van der Waals surface area contributed by atoms with E-state index < -0.39 is 8.07 Å². The van der Waals surface area contributed by atoms with E-state index in [1.165, 1.54) is 38.5 Å². The van der Waals surface area contributed by atoms with Crippen LogP contribution in [0, 0.1) is 12.3 Å². The van der Waals surface area contributed by atoms with Crippen LogP contribution in [0.2, 0.25) is 19.6 Å². The Hall–Kier alpha value is 0.177. The van der Waals surface area contributed by atoms with Gasteiger partial charge in [-0.05, 0) is 32.1 Å². The highest BCUT2D eigenvalue weighted by Crippen LogP contribution is 2.30. The lowest BCUT2D eigenvalue weighted by Gasteiger charge is -2.36. The van der Waals surface area contributed by atoms with Crippen LogP contribution in [0.15, 0.2) is 0 Å². The third kappa shape index (κ3) is 4.58. The Balaban J connectivity index is 2.59. The van der Waals surface area contributed by atoms with Crippen molar-refractivity contribution < 1.29 is 4.74 Å². The van der Waals surface area contributed by atoms with Crippen molar-refractivity contribution in [3.63, 3.8) is 0 Å². The molecular weight excluding hydrogens is 212 g/mol. The summed E-state index contributed by atoms with van der Waals surface area (Å²) in [6.45, 7) is 10.3. The summed E-state index contributed by atoms with van der Waals surface area (Å²) < 4.78 is 6.07. The molecule has 1 rings (SSSR count). The van der Waals surface area contributed by atoms with Crippen LogP contribution in [0.5, 0.6) is 0 Å². The summed E-state index contributed by atoms with van der Waals surface area (Å²) in [5, 5.41) is 0. The van der Waals surface area contributed by atoms with E-state index >= 15 is 0 Å². The fourth-order valence-corrected chi connectivity index (χ4v) is 5.05. The molecule has 2 atom stereocenters. The van der Waals surface area contributed by atoms with E-state index in [2.05, 4.69) is 33.0 Å². The van der Waals surface area contributed by atoms with Crippen LogP contribution in [-0.2, 0) is 4.74 Å². The minimum Gasteiger partial charge on any atom is -0.382 e. The molecule has 0 aromatic rings. The second-order valence-corrected chi connectivity index (χ2v) is 11.4. The maximum absolute atomic E-state index is 6.07. The van der Waals surface area contributed by atoms with Gasteiger partial charge < -0.3 is 4.74 Å². The maximum atomic E-state index is 6.07. The average Bonchev–Trinajstić information content (AvgIpc) is 2.13. The van der Waals surface area contributed by atoms with Gasteiger partial charge in [0.05, 0.1) is 13.8 Å². The highest BCUT2D eigenvalue weighted by atomic mass is 28.3. The molecule has 95 valence electrons. The molecule has 16 heavy (non-hydrogen) atoms. The van der Waals surface area contributed by atoms with Crippen LogP contribution >= 0.6 is 0 Å². The van der Waals surface area contributed by atoms with Crippen molar-refractivity contribution in [3.05, 3.63) is 6.42 Å². The second-order valence-electron chi connectivity index (χ2n) is 6.13. The summed E-state index contributed by atoms with van der Waals surface area (Å²) in [5.74, 6) is 0.729. The van der Waals surface area contributed by atoms with Gasteiger partial charge in [0.25, 0.3) is 0 Å². The Morgan fingerprint density at radius 2 is 1.88 bits per heavy atom. The molecule has 2 heteroatoms. The fraction of sp³-hybridized carbons (Fsp3) is 0.929. The van der Waals surface area contributed by atoms with Crippen molar-refractivity contribution in [2.45, 2.75) is 70.8 Å². The number of hydrogen-bond donors (Lipinski definition) is 0. The van der Waals surface area contributed by atoms with Gasteiger partial charge in [0.15, 0.2) is 0 Å². The van der Waals surface area contributed by atoms with Gasteiger partial charge in [0.1, 0.15) is 0 Å². The molecule has 0 spiro atoms. The van der Waals surface area contributed by atoms with E-state index in [9.17, 15) is 0 Å². The van der Waals surface area contributed by atoms with E-state index in [0.717, 1.165) is 12.5 Å². The zero-order chi connectivity index (χ0) is 12.0. The Morgan fingerprint density at radius 3 is 2.50 bits per heavy atom. The summed E-state index contributed by atoms with van der Waals surface area (Å²) >= 11 is 0. The minimum atomic E-state index is -1.19. The maximum Gasteiger partial charge on any atom is 0.0789 e. The minimum absolute atomic E-state index is 0.538. The molecule has 0 heterocycles. The van der Waals surface area contributed by atoms with Crippen molar-refractivity contribution in [2.75, 3.05) is 6.61 Å². The number of ether oxygens (including phenoxy) is 1. The molecular formula is C14H29OSi. The lowest BCUT2D eigenvalue weighted by molar-refractivity contribution is 0.0729. The summed E-state index contributed by atoms with van der Waals surface area (Å²) in [6, 6.07) is 0. The molecule has 0 aromatic heterocycles. The first-order valence-electron chi connectivity index (χ1n) is 7.00. The van der Waals surface area contributed by atoms with Crippen LogP contribution in [0.25, 0.3) is 0 Å². The van der Waals surface area contributed by atoms with Crippen molar-refractivity contribution in [1.82, 2.24) is 0 Å². The fourth-order valence-electron chi connectivity index (χ4n) is 2.80. The molecule has 0 aliphatic heterocycles. The zero-order valence-electron chi connectivity index (χ0n) is 11.6. The number of hydrogen-bond acceptors (Lipinski definition) is 1. The third-order valence-corrected chi connectivity index (χ3v) is 5.85. The smallest absolute Gasteiger partial charge is 0.0789 e. The van der Waals surface area contributed by atoms with Crippen LogP contribution in [0.4, 0.5) is 0 Å². The second kappa shape index (κ2) is 6.80. The van der Waals surface area contributed by atoms with Gasteiger partial charge in [-0.2, -0.15) is 0 Å². The highest BCUT2D eigenvalue weighted by molar-refractivity contribution is 6.77. The van der Waals surface area contributed by atoms with Gasteiger partial charge in [-0.1, -0.05) is 45.3 Å². The molecule has 0 saturated heterocycles. The summed E-state index contributed by atoms with van der Waals surface area (Å²) in [4.78, 5) is 0. The van der Waals surface area contributed by atoms with Gasteiger partial charge in [0.2, 0.25) is 0 Å². The topological polar surface area (TPSA) is 9.23 Å². The zero-order valence-corrected chi connectivity index (χ0v) is 12.6. The van der Waals surface area contributed by atoms with E-state index in [0.29, 0.717) is 5.73 Å². The van der Waals surface area contributed by atoms with Crippen molar-refractivity contribution in [2.24, 2.45) is 5.92 Å². The van der Waals surface area contributed by atoms with Crippen LogP contribution in [0.3, 0.4) is 0 Å². The first kappa shape index (κ1) is 14.2. The van der Waals surface area contributed by atoms with Gasteiger partial charge in [-0.15, -0.1) is 0 Å². The molecule has 0 aromatic carbocycles. The molecule has 2 unspecified atom stereocenters. The summed E-state index contributed by atoms with van der Waals surface area (Å²) in [5.41, 5.74) is 0.538. The Morgan fingerprint density at radius 1 is 1.19 bits per heavy atom. The van der Waals surface area contributed by atoms with Gasteiger partial charge >= 0.3 is 0 Å². The predicted octanol–water partition coefficient (Wildman–Crippen LogP) is 4.44. The van der Waals surface area contributed by atoms with Gasteiger partial charge in [0, 0.05) is 6.61 Å². The monoisotopic (exact) mass is 241 g/mol. The van der Waals surface area contributed by atoms with Crippen molar-refractivity contribution in [1.29, 1.82) is 0 Å². The molecule has 1 aliphatic rings. The summed E-state index contributed by atoms with van der Waals surface area (Å²) in [7, 11) is -1.19. The van der Waals surface area contributed by atoms with E-state index in [4.69, 9.17) is 4.74 Å². The lowest BCUT2D eigenvalue weighted by Crippen LogP contribution is -2.46. The van der Waals surface area contributed by atoms with Crippen LogP contribution in [0.1, 0.15) is 45.4 Å². The first-order valence-corrected chi connectivity index (χ1v) is 10.6. The summed E-state index contributed by atoms with van der Waals surface area (Å²) in [6.07, 6.45) is 10.9. The molecule has 1 radical (unpaired) electrons. The Labute approximate surface area is 103 Å². The van der Waals surface area contributed by atoms with Crippen molar-refractivity contribution >= 4 is 8.07 Å². The lowest BCUT2D eigenvalue weighted by atomic mass is 9.91. The molecule has 0 bridgehead atoms. The third-order valence-electron chi connectivity index (χ3n) is 3.55. The van der Waals surface area contributed by atoms with Gasteiger partial charge in [-0.3, -0.25) is 0 Å². The molecule has 0 N–H and O–H groups in total. The highest BCUT2D eigenvalue weighted by Gasteiger charge is 2.34. The quantitative estimate of drug-likeness (QED) is 0.661. The molecule has 0 amide bonds. The predicted molar refractivity (Wildman–Crippen MR) is 74.3 cm³/mol. The molecule has 1 nitrogen and oxygen atoms in total. The standard InChI is InChI=1S/C14H29OSi/c1-5-15-14(16(2,3)4)13-11-9-7-6-8-10-12-13/h11,13-14H,5-10,12H2,1-4H3. The molecule has 1 saturated carbocycles. The average molecular weight is 241 g/mol. The van der Waals surface area contributed by atoms with Crippen LogP contribution < -0.4 is 0 Å². The van der Waals surface area contributed by atoms with Crippen LogP contribution in [-0.4, -0.2) is 20.4 Å². The largest absolute Gasteiger partial charge is 0.382 e. The van der Waals surface area contributed by atoms with E-state index in [-0.39, 0.29) is 0 Å². The normalized spacial score (nSPS) is 22.5. The van der Waals surface area contributed by atoms with Gasteiger partial charge in [-0.25, -0.2) is 0 Å². The van der Waals surface area contributed by atoms with E-state index in [1.54, 1.807) is 0 Å². The number of rotatable bonds is 4. The van der Waals surface area contributed by atoms with Crippen molar-refractivity contribution in [3.8, 4) is 0 Å². The first-order chi connectivity index (χ1) is 7.55.